The summed E-state index contributed by atoms with van der Waals surface area (Å²) >= 11 is 0. The van der Waals surface area contributed by atoms with E-state index < -0.39 is 0 Å². The van der Waals surface area contributed by atoms with E-state index in [1.165, 1.54) is 36.8 Å². The van der Waals surface area contributed by atoms with E-state index >= 15 is 0 Å². The minimum Gasteiger partial charge on any atom is -0.374 e. The number of rotatable bonds is 6. The predicted octanol–water partition coefficient (Wildman–Crippen LogP) is 3.64. The van der Waals surface area contributed by atoms with Crippen LogP contribution in [0.15, 0.2) is 24.3 Å². The van der Waals surface area contributed by atoms with Crippen molar-refractivity contribution in [3.05, 3.63) is 35.4 Å². The molecule has 0 amide bonds. The van der Waals surface area contributed by atoms with Gasteiger partial charge in [-0.1, -0.05) is 51.0 Å². The molecule has 0 atom stereocenters. The Morgan fingerprint density at radius 3 is 2.33 bits per heavy atom. The summed E-state index contributed by atoms with van der Waals surface area (Å²) < 4.78 is 5.91. The van der Waals surface area contributed by atoms with Crippen LogP contribution < -0.4 is 5.32 Å². The molecule has 1 aliphatic rings. The fourth-order valence-corrected chi connectivity index (χ4v) is 2.34. The molecular weight excluding hydrogens is 222 g/mol. The van der Waals surface area contributed by atoms with E-state index in [9.17, 15) is 0 Å². The number of ether oxygens (including phenoxy) is 1. The van der Waals surface area contributed by atoms with Crippen molar-refractivity contribution in [3.63, 3.8) is 0 Å². The lowest BCUT2D eigenvalue weighted by atomic mass is 10.1. The molecule has 0 bridgehead atoms. The normalized spacial score (nSPS) is 16.6. The average Bonchev–Trinajstić information content (AvgIpc) is 2.88. The lowest BCUT2D eigenvalue weighted by molar-refractivity contribution is 0.0457. The van der Waals surface area contributed by atoms with Gasteiger partial charge in [-0.25, -0.2) is 0 Å². The molecular formula is C16H25NO. The van der Waals surface area contributed by atoms with Crippen molar-refractivity contribution in [3.8, 4) is 0 Å². The van der Waals surface area contributed by atoms with E-state index in [0.29, 0.717) is 12.1 Å². The third-order valence-electron chi connectivity index (χ3n) is 3.53. The van der Waals surface area contributed by atoms with E-state index in [1.54, 1.807) is 0 Å². The Kier molecular flexibility index (Phi) is 5.21. The van der Waals surface area contributed by atoms with Gasteiger partial charge in [0.1, 0.15) is 0 Å². The molecule has 0 aliphatic heterocycles. The molecule has 1 fully saturated rings. The first-order chi connectivity index (χ1) is 8.74. The van der Waals surface area contributed by atoms with Crippen LogP contribution in [0, 0.1) is 0 Å². The molecule has 2 rings (SSSR count). The second-order valence-corrected chi connectivity index (χ2v) is 5.57. The van der Waals surface area contributed by atoms with Gasteiger partial charge in [-0.05, 0) is 24.0 Å². The molecule has 100 valence electrons. The quantitative estimate of drug-likeness (QED) is 0.828. The number of hydrogen-bond donors (Lipinski definition) is 1. The van der Waals surface area contributed by atoms with E-state index in [2.05, 4.69) is 43.4 Å². The lowest BCUT2D eigenvalue weighted by Gasteiger charge is -2.12. The Hall–Kier alpha value is -0.860. The molecule has 1 aromatic carbocycles. The van der Waals surface area contributed by atoms with Crippen molar-refractivity contribution >= 4 is 0 Å². The zero-order valence-corrected chi connectivity index (χ0v) is 11.6. The molecule has 18 heavy (non-hydrogen) atoms. The van der Waals surface area contributed by atoms with Gasteiger partial charge in [0.2, 0.25) is 0 Å². The fourth-order valence-electron chi connectivity index (χ4n) is 2.34. The molecule has 0 heterocycles. The summed E-state index contributed by atoms with van der Waals surface area (Å²) in [6.07, 6.45) is 5.68. The topological polar surface area (TPSA) is 21.3 Å². The molecule has 1 N–H and O–H groups in total. The third kappa shape index (κ3) is 4.43. The first-order valence-electron chi connectivity index (χ1n) is 7.17. The molecule has 2 heteroatoms. The Labute approximate surface area is 111 Å². The number of hydrogen-bond acceptors (Lipinski definition) is 2. The van der Waals surface area contributed by atoms with Crippen LogP contribution in [-0.4, -0.2) is 12.1 Å². The minimum atomic E-state index is 0.507. The van der Waals surface area contributed by atoms with Crippen LogP contribution in [0.3, 0.4) is 0 Å². The molecule has 0 aromatic heterocycles. The van der Waals surface area contributed by atoms with Gasteiger partial charge in [0.05, 0.1) is 12.7 Å². The first-order valence-corrected chi connectivity index (χ1v) is 7.17. The Bertz CT molecular complexity index is 339. The summed E-state index contributed by atoms with van der Waals surface area (Å²) in [4.78, 5) is 0. The summed E-state index contributed by atoms with van der Waals surface area (Å²) in [5.41, 5.74) is 2.63. The van der Waals surface area contributed by atoms with E-state index in [-0.39, 0.29) is 0 Å². The molecule has 0 radical (unpaired) electrons. The second-order valence-electron chi connectivity index (χ2n) is 5.57. The van der Waals surface area contributed by atoms with E-state index in [4.69, 9.17) is 4.74 Å². The molecule has 2 nitrogen and oxygen atoms in total. The maximum absolute atomic E-state index is 5.91. The highest BCUT2D eigenvalue weighted by Crippen LogP contribution is 2.22. The van der Waals surface area contributed by atoms with Crippen molar-refractivity contribution in [2.24, 2.45) is 0 Å². The van der Waals surface area contributed by atoms with E-state index in [1.807, 2.05) is 0 Å². The van der Waals surface area contributed by atoms with Crippen LogP contribution in [0.1, 0.15) is 50.7 Å². The highest BCUT2D eigenvalue weighted by Gasteiger charge is 2.14. The van der Waals surface area contributed by atoms with Crippen molar-refractivity contribution in [2.45, 2.75) is 64.8 Å². The van der Waals surface area contributed by atoms with Crippen LogP contribution in [0.4, 0.5) is 0 Å². The van der Waals surface area contributed by atoms with E-state index in [0.717, 1.165) is 13.2 Å². The van der Waals surface area contributed by atoms with Crippen LogP contribution >= 0.6 is 0 Å². The standard InChI is InChI=1S/C16H25NO/c1-13(2)17-11-14-7-9-15(10-8-14)12-18-16-5-3-4-6-16/h7-10,13,16-17H,3-6,11-12H2,1-2H3. The van der Waals surface area contributed by atoms with Gasteiger partial charge in [-0.3, -0.25) is 0 Å². The zero-order valence-electron chi connectivity index (χ0n) is 11.6. The Morgan fingerprint density at radius 2 is 1.72 bits per heavy atom. The molecule has 1 aromatic rings. The Morgan fingerprint density at radius 1 is 1.11 bits per heavy atom. The van der Waals surface area contributed by atoms with Crippen LogP contribution in [0.5, 0.6) is 0 Å². The van der Waals surface area contributed by atoms with Crippen LogP contribution in [0.25, 0.3) is 0 Å². The summed E-state index contributed by atoms with van der Waals surface area (Å²) in [6.45, 7) is 6.05. The van der Waals surface area contributed by atoms with Gasteiger partial charge in [0, 0.05) is 12.6 Å². The predicted molar refractivity (Wildman–Crippen MR) is 75.5 cm³/mol. The Balaban J connectivity index is 1.76. The summed E-state index contributed by atoms with van der Waals surface area (Å²) in [5.74, 6) is 0. The number of benzene rings is 1. The summed E-state index contributed by atoms with van der Waals surface area (Å²) in [7, 11) is 0. The highest BCUT2D eigenvalue weighted by molar-refractivity contribution is 5.22. The maximum Gasteiger partial charge on any atom is 0.0720 e. The maximum atomic E-state index is 5.91. The number of nitrogens with one attached hydrogen (secondary N) is 1. The van der Waals surface area contributed by atoms with Crippen LogP contribution in [0.2, 0.25) is 0 Å². The molecule has 0 unspecified atom stereocenters. The highest BCUT2D eigenvalue weighted by atomic mass is 16.5. The van der Waals surface area contributed by atoms with Crippen molar-refractivity contribution in [1.29, 1.82) is 0 Å². The van der Waals surface area contributed by atoms with Gasteiger partial charge in [0.25, 0.3) is 0 Å². The largest absolute Gasteiger partial charge is 0.374 e. The summed E-state index contributed by atoms with van der Waals surface area (Å²) in [6, 6.07) is 9.31. The van der Waals surface area contributed by atoms with Gasteiger partial charge in [-0.15, -0.1) is 0 Å². The van der Waals surface area contributed by atoms with Crippen molar-refractivity contribution in [1.82, 2.24) is 5.32 Å². The molecule has 0 spiro atoms. The molecule has 1 aliphatic carbocycles. The third-order valence-corrected chi connectivity index (χ3v) is 3.53. The monoisotopic (exact) mass is 247 g/mol. The van der Waals surface area contributed by atoms with Gasteiger partial charge < -0.3 is 10.1 Å². The van der Waals surface area contributed by atoms with Gasteiger partial charge in [-0.2, -0.15) is 0 Å². The fraction of sp³-hybridized carbons (Fsp3) is 0.625. The zero-order chi connectivity index (χ0) is 12.8. The molecule has 0 saturated heterocycles. The second kappa shape index (κ2) is 6.91. The average molecular weight is 247 g/mol. The van der Waals surface area contributed by atoms with Gasteiger partial charge in [0.15, 0.2) is 0 Å². The van der Waals surface area contributed by atoms with Gasteiger partial charge >= 0.3 is 0 Å². The van der Waals surface area contributed by atoms with Crippen molar-refractivity contribution in [2.75, 3.05) is 0 Å². The smallest absolute Gasteiger partial charge is 0.0720 e. The summed E-state index contributed by atoms with van der Waals surface area (Å²) in [5, 5.41) is 3.43. The first kappa shape index (κ1) is 13.6. The van der Waals surface area contributed by atoms with Crippen molar-refractivity contribution < 1.29 is 4.74 Å². The minimum absolute atomic E-state index is 0.507. The SMILES string of the molecule is CC(C)NCc1ccc(COC2CCCC2)cc1. The molecule has 1 saturated carbocycles. The lowest BCUT2D eigenvalue weighted by Crippen LogP contribution is -2.21. The van der Waals surface area contributed by atoms with Crippen LogP contribution in [-0.2, 0) is 17.9 Å².